The molecule has 0 bridgehead atoms. The molecule has 20 heavy (non-hydrogen) atoms. The van der Waals surface area contributed by atoms with E-state index in [4.69, 9.17) is 0 Å². The van der Waals surface area contributed by atoms with Crippen LogP contribution in [0.3, 0.4) is 0 Å². The highest BCUT2D eigenvalue weighted by Crippen LogP contribution is 2.25. The zero-order valence-electron chi connectivity index (χ0n) is 13.9. The Balaban J connectivity index is 3.00. The summed E-state index contributed by atoms with van der Waals surface area (Å²) in [5.74, 6) is 0.0835. The molecule has 1 aliphatic rings. The Morgan fingerprint density at radius 3 is 2.25 bits per heavy atom. The van der Waals surface area contributed by atoms with Crippen molar-refractivity contribution in [3.8, 4) is 0 Å². The first-order chi connectivity index (χ1) is 9.08. The maximum atomic E-state index is 12.7. The third-order valence-corrected chi connectivity index (χ3v) is 3.87. The van der Waals surface area contributed by atoms with E-state index < -0.39 is 5.54 Å². The molecule has 116 valence electrons. The molecule has 2 atom stereocenters. The number of amides is 2. The first kappa shape index (κ1) is 17.0. The standard InChI is InChI=1S/C15H29N3O2/c1-10(2)12-13(19)16-15(4,5)14(20)18(12)11(3)8-9-17(6)7/h10-12H,8-9H2,1-7H3,(H,16,19). The summed E-state index contributed by atoms with van der Waals surface area (Å²) in [5.41, 5.74) is -0.811. The molecule has 5 nitrogen and oxygen atoms in total. The van der Waals surface area contributed by atoms with Crippen molar-refractivity contribution < 1.29 is 9.59 Å². The van der Waals surface area contributed by atoms with E-state index in [1.54, 1.807) is 18.7 Å². The van der Waals surface area contributed by atoms with Crippen molar-refractivity contribution in [1.29, 1.82) is 0 Å². The third-order valence-electron chi connectivity index (χ3n) is 3.87. The third kappa shape index (κ3) is 3.51. The molecule has 0 spiro atoms. The number of carbonyl (C=O) groups is 2. The van der Waals surface area contributed by atoms with Crippen LogP contribution >= 0.6 is 0 Å². The van der Waals surface area contributed by atoms with Crippen molar-refractivity contribution in [2.75, 3.05) is 20.6 Å². The van der Waals surface area contributed by atoms with Crippen LogP contribution in [0, 0.1) is 5.92 Å². The van der Waals surface area contributed by atoms with E-state index in [9.17, 15) is 9.59 Å². The summed E-state index contributed by atoms with van der Waals surface area (Å²) < 4.78 is 0. The lowest BCUT2D eigenvalue weighted by Crippen LogP contribution is -2.70. The van der Waals surface area contributed by atoms with Gasteiger partial charge in [-0.1, -0.05) is 13.8 Å². The van der Waals surface area contributed by atoms with E-state index in [2.05, 4.69) is 10.2 Å². The molecular formula is C15H29N3O2. The second kappa shape index (κ2) is 6.12. The number of nitrogens with zero attached hydrogens (tertiary/aromatic N) is 2. The van der Waals surface area contributed by atoms with E-state index in [0.717, 1.165) is 13.0 Å². The van der Waals surface area contributed by atoms with Gasteiger partial charge in [0, 0.05) is 6.04 Å². The van der Waals surface area contributed by atoms with E-state index in [1.807, 2.05) is 34.9 Å². The molecule has 1 rings (SSSR count). The van der Waals surface area contributed by atoms with Gasteiger partial charge in [0.1, 0.15) is 11.6 Å². The second-order valence-electron chi connectivity index (χ2n) is 6.96. The highest BCUT2D eigenvalue weighted by Gasteiger charge is 2.47. The maximum Gasteiger partial charge on any atom is 0.248 e. The topological polar surface area (TPSA) is 52.7 Å². The van der Waals surface area contributed by atoms with Gasteiger partial charge in [0.15, 0.2) is 0 Å². The Labute approximate surface area is 122 Å². The lowest BCUT2D eigenvalue weighted by molar-refractivity contribution is -0.158. The zero-order valence-corrected chi connectivity index (χ0v) is 13.9. The molecule has 5 heteroatoms. The van der Waals surface area contributed by atoms with Gasteiger partial charge in [0.25, 0.3) is 0 Å². The number of piperazine rings is 1. The minimum absolute atomic E-state index is 0.0158. The van der Waals surface area contributed by atoms with Crippen LogP contribution in [0.1, 0.15) is 41.0 Å². The van der Waals surface area contributed by atoms with Crippen molar-refractivity contribution >= 4 is 11.8 Å². The molecule has 1 saturated heterocycles. The predicted octanol–water partition coefficient (Wildman–Crippen LogP) is 1.09. The first-order valence-corrected chi connectivity index (χ1v) is 7.37. The molecule has 0 aliphatic carbocycles. The summed E-state index contributed by atoms with van der Waals surface area (Å²) in [6, 6.07) is -0.310. The SMILES string of the molecule is CC(C)C1C(=O)NC(C)(C)C(=O)N1C(C)CCN(C)C. The zero-order chi connectivity index (χ0) is 15.7. The fourth-order valence-electron chi connectivity index (χ4n) is 2.69. The summed E-state index contributed by atoms with van der Waals surface area (Å²) in [5, 5.41) is 2.85. The largest absolute Gasteiger partial charge is 0.340 e. The fourth-order valence-corrected chi connectivity index (χ4v) is 2.69. The molecule has 0 aromatic carbocycles. The van der Waals surface area contributed by atoms with Crippen LogP contribution < -0.4 is 5.32 Å². The molecule has 1 aliphatic heterocycles. The van der Waals surface area contributed by atoms with Gasteiger partial charge in [-0.15, -0.1) is 0 Å². The molecule has 1 N–H and O–H groups in total. The number of rotatable bonds is 5. The summed E-state index contributed by atoms with van der Waals surface area (Å²) in [6.07, 6.45) is 0.866. The molecule has 0 saturated carbocycles. The number of hydrogen-bond acceptors (Lipinski definition) is 3. The highest BCUT2D eigenvalue weighted by atomic mass is 16.2. The minimum Gasteiger partial charge on any atom is -0.340 e. The fraction of sp³-hybridized carbons (Fsp3) is 0.867. The Kier molecular flexibility index (Phi) is 5.19. The minimum atomic E-state index is -0.811. The van der Waals surface area contributed by atoms with Gasteiger partial charge in [0.2, 0.25) is 11.8 Å². The number of hydrogen-bond donors (Lipinski definition) is 1. The Morgan fingerprint density at radius 1 is 1.25 bits per heavy atom. The molecule has 2 unspecified atom stereocenters. The van der Waals surface area contributed by atoms with Crippen LogP contribution in [0.4, 0.5) is 0 Å². The second-order valence-corrected chi connectivity index (χ2v) is 6.96. The lowest BCUT2D eigenvalue weighted by Gasteiger charge is -2.47. The molecule has 2 amide bonds. The van der Waals surface area contributed by atoms with Crippen molar-refractivity contribution in [2.45, 2.75) is 58.7 Å². The van der Waals surface area contributed by atoms with Crippen molar-refractivity contribution in [3.63, 3.8) is 0 Å². The van der Waals surface area contributed by atoms with Crippen LogP contribution in [0.5, 0.6) is 0 Å². The van der Waals surface area contributed by atoms with Gasteiger partial charge < -0.3 is 15.1 Å². The van der Waals surface area contributed by atoms with Crippen molar-refractivity contribution in [2.24, 2.45) is 5.92 Å². The number of carbonyl (C=O) groups excluding carboxylic acids is 2. The van der Waals surface area contributed by atoms with Gasteiger partial charge in [0.05, 0.1) is 0 Å². The van der Waals surface area contributed by atoms with E-state index >= 15 is 0 Å². The maximum absolute atomic E-state index is 12.7. The van der Waals surface area contributed by atoms with E-state index in [-0.39, 0.29) is 29.8 Å². The smallest absolute Gasteiger partial charge is 0.248 e. The normalized spacial score (nSPS) is 24.2. The summed E-state index contributed by atoms with van der Waals surface area (Å²) >= 11 is 0. The van der Waals surface area contributed by atoms with Crippen LogP contribution in [0.15, 0.2) is 0 Å². The first-order valence-electron chi connectivity index (χ1n) is 7.37. The molecule has 1 fully saturated rings. The van der Waals surface area contributed by atoms with Gasteiger partial charge in [-0.3, -0.25) is 9.59 Å². The highest BCUT2D eigenvalue weighted by molar-refractivity contribution is 5.99. The predicted molar refractivity (Wildman–Crippen MR) is 80.3 cm³/mol. The average Bonchev–Trinajstić information content (AvgIpc) is 2.29. The summed E-state index contributed by atoms with van der Waals surface area (Å²) in [4.78, 5) is 28.9. The van der Waals surface area contributed by atoms with Gasteiger partial charge in [-0.2, -0.15) is 0 Å². The molecule has 0 aromatic heterocycles. The Morgan fingerprint density at radius 2 is 1.80 bits per heavy atom. The van der Waals surface area contributed by atoms with Crippen molar-refractivity contribution in [1.82, 2.24) is 15.1 Å². The Bertz CT molecular complexity index is 377. The van der Waals surface area contributed by atoms with Crippen LogP contribution in [-0.4, -0.2) is 59.9 Å². The summed E-state index contributed by atoms with van der Waals surface area (Å²) in [6.45, 7) is 10.5. The number of nitrogens with one attached hydrogen (secondary N) is 1. The van der Waals surface area contributed by atoms with Crippen LogP contribution in [0.2, 0.25) is 0 Å². The molecule has 0 aromatic rings. The van der Waals surface area contributed by atoms with Gasteiger partial charge in [-0.25, -0.2) is 0 Å². The monoisotopic (exact) mass is 283 g/mol. The molecular weight excluding hydrogens is 254 g/mol. The van der Waals surface area contributed by atoms with Gasteiger partial charge in [-0.05, 0) is 53.8 Å². The molecule has 0 radical (unpaired) electrons. The van der Waals surface area contributed by atoms with E-state index in [1.165, 1.54) is 0 Å². The van der Waals surface area contributed by atoms with E-state index in [0.29, 0.717) is 0 Å². The summed E-state index contributed by atoms with van der Waals surface area (Å²) in [7, 11) is 4.03. The van der Waals surface area contributed by atoms with Gasteiger partial charge >= 0.3 is 0 Å². The van der Waals surface area contributed by atoms with Crippen LogP contribution in [-0.2, 0) is 9.59 Å². The molecule has 1 heterocycles. The van der Waals surface area contributed by atoms with Crippen molar-refractivity contribution in [3.05, 3.63) is 0 Å². The average molecular weight is 283 g/mol. The van der Waals surface area contributed by atoms with Crippen LogP contribution in [0.25, 0.3) is 0 Å². The lowest BCUT2D eigenvalue weighted by atomic mass is 9.89. The Hall–Kier alpha value is -1.10. The quantitative estimate of drug-likeness (QED) is 0.822.